The van der Waals surface area contributed by atoms with Crippen molar-refractivity contribution in [1.82, 2.24) is 0 Å². The predicted molar refractivity (Wildman–Crippen MR) is 84.5 cm³/mol. The van der Waals surface area contributed by atoms with Gasteiger partial charge in [0, 0.05) is 17.9 Å². The number of rotatable bonds is 4. The molecular weight excluding hydrogens is 352 g/mol. The Morgan fingerprint density at radius 3 is 1.73 bits per heavy atom. The quantitative estimate of drug-likeness (QED) is 0.410. The molecule has 0 aromatic heterocycles. The maximum atomic E-state index is 10.1. The molecule has 3 fully saturated rings. The molecule has 3 aliphatic heterocycles. The minimum atomic E-state index is -0.958. The zero-order valence-corrected chi connectivity index (χ0v) is 14.0. The van der Waals surface area contributed by atoms with E-state index in [9.17, 15) is 25.5 Å². The van der Waals surface area contributed by atoms with E-state index in [1.807, 2.05) is 0 Å². The van der Waals surface area contributed by atoms with Gasteiger partial charge in [0.05, 0.1) is 18.3 Å². The van der Waals surface area contributed by atoms with Crippen LogP contribution in [0.3, 0.4) is 0 Å². The number of hydrogen-bond donors (Lipinski definition) is 5. The molecular formula is C12H20O7S3. The third-order valence-electron chi connectivity index (χ3n) is 3.80. The van der Waals surface area contributed by atoms with E-state index in [0.717, 1.165) is 0 Å². The van der Waals surface area contributed by atoms with Gasteiger partial charge in [0.2, 0.25) is 0 Å². The van der Waals surface area contributed by atoms with Crippen molar-refractivity contribution in [3.8, 4) is 0 Å². The summed E-state index contributed by atoms with van der Waals surface area (Å²) in [5.41, 5.74) is -1.96. The number of aliphatic hydroxyl groups excluding tert-OH is 5. The highest BCUT2D eigenvalue weighted by atomic mass is 32.2. The van der Waals surface area contributed by atoms with E-state index in [4.69, 9.17) is 9.47 Å². The van der Waals surface area contributed by atoms with E-state index >= 15 is 0 Å². The lowest BCUT2D eigenvalue weighted by Crippen LogP contribution is -2.34. The molecule has 128 valence electrons. The predicted octanol–water partition coefficient (Wildman–Crippen LogP) is -1.24. The van der Waals surface area contributed by atoms with Crippen LogP contribution in [-0.4, -0.2) is 89.3 Å². The molecule has 0 amide bonds. The fourth-order valence-corrected chi connectivity index (χ4v) is 6.22. The Bertz CT molecular complexity index is 390. The van der Waals surface area contributed by atoms with Crippen LogP contribution in [0.1, 0.15) is 6.42 Å². The van der Waals surface area contributed by atoms with Crippen molar-refractivity contribution < 1.29 is 35.0 Å². The monoisotopic (exact) mass is 372 g/mol. The lowest BCUT2D eigenvalue weighted by molar-refractivity contribution is -0.0694. The Balaban J connectivity index is 1.49. The molecule has 3 heterocycles. The normalized spacial score (nSPS) is 52.5. The minimum absolute atomic E-state index is 0.342. The molecule has 3 saturated heterocycles. The summed E-state index contributed by atoms with van der Waals surface area (Å²) in [4.78, 5) is 0. The topological polar surface area (TPSA) is 120 Å². The molecule has 9 atom stereocenters. The third kappa shape index (κ3) is 3.71. The first-order valence-corrected chi connectivity index (χ1v) is 10.1. The largest absolute Gasteiger partial charge is 0.389 e. The lowest BCUT2D eigenvalue weighted by atomic mass is 10.2. The molecule has 3 rings (SSSR count). The molecule has 5 N–H and O–H groups in total. The molecule has 0 bridgehead atoms. The van der Waals surface area contributed by atoms with Crippen molar-refractivity contribution in [2.75, 3.05) is 11.5 Å². The summed E-state index contributed by atoms with van der Waals surface area (Å²) < 4.78 is 11.4. The summed E-state index contributed by atoms with van der Waals surface area (Å²) in [6.45, 7) is 0. The maximum Gasteiger partial charge on any atom is 0.133 e. The van der Waals surface area contributed by atoms with Gasteiger partial charge in [0.25, 0.3) is 0 Å². The molecule has 3 aliphatic rings. The van der Waals surface area contributed by atoms with Crippen molar-refractivity contribution in [2.45, 2.75) is 58.7 Å². The summed E-state index contributed by atoms with van der Waals surface area (Å²) in [6, 6.07) is 0. The van der Waals surface area contributed by atoms with Gasteiger partial charge in [-0.25, -0.2) is 0 Å². The second-order valence-corrected chi connectivity index (χ2v) is 9.05. The van der Waals surface area contributed by atoms with Crippen molar-refractivity contribution in [2.24, 2.45) is 0 Å². The zero-order valence-electron chi connectivity index (χ0n) is 11.6. The molecule has 0 saturated carbocycles. The first-order chi connectivity index (χ1) is 10.5. The van der Waals surface area contributed by atoms with Gasteiger partial charge in [-0.3, -0.25) is 0 Å². The second-order valence-electron chi connectivity index (χ2n) is 5.53. The molecule has 22 heavy (non-hydrogen) atoms. The lowest BCUT2D eigenvalue weighted by Gasteiger charge is -2.23. The summed E-state index contributed by atoms with van der Waals surface area (Å²) in [5, 5.41) is 48.6. The zero-order chi connectivity index (χ0) is 15.9. The number of ether oxygens (including phenoxy) is 2. The van der Waals surface area contributed by atoms with Crippen LogP contribution in [-0.2, 0) is 9.47 Å². The van der Waals surface area contributed by atoms with Gasteiger partial charge < -0.3 is 35.0 Å². The average molecular weight is 372 g/mol. The Labute approximate surface area is 140 Å². The first kappa shape index (κ1) is 17.6. The van der Waals surface area contributed by atoms with Gasteiger partial charge in [-0.05, 0) is 0 Å². The van der Waals surface area contributed by atoms with Crippen LogP contribution in [0.2, 0.25) is 0 Å². The van der Waals surface area contributed by atoms with Crippen LogP contribution in [0.5, 0.6) is 0 Å². The molecule has 10 heteroatoms. The molecule has 0 aliphatic carbocycles. The Morgan fingerprint density at radius 2 is 1.23 bits per heavy atom. The highest BCUT2D eigenvalue weighted by Crippen LogP contribution is 2.42. The van der Waals surface area contributed by atoms with Crippen LogP contribution in [0.15, 0.2) is 0 Å². The van der Waals surface area contributed by atoms with E-state index in [0.29, 0.717) is 17.9 Å². The van der Waals surface area contributed by atoms with Crippen LogP contribution < -0.4 is 0 Å². The Morgan fingerprint density at radius 1 is 0.682 bits per heavy atom. The van der Waals surface area contributed by atoms with Gasteiger partial charge >= 0.3 is 0 Å². The van der Waals surface area contributed by atoms with Crippen molar-refractivity contribution in [3.05, 3.63) is 0 Å². The van der Waals surface area contributed by atoms with Crippen molar-refractivity contribution >= 4 is 35.3 Å². The molecule has 0 aromatic rings. The van der Waals surface area contributed by atoms with Crippen LogP contribution in [0.25, 0.3) is 0 Å². The molecule has 9 unspecified atom stereocenters. The van der Waals surface area contributed by atoms with Gasteiger partial charge in [-0.15, -0.1) is 23.5 Å². The van der Waals surface area contributed by atoms with Gasteiger partial charge in [-0.1, -0.05) is 11.8 Å². The summed E-state index contributed by atoms with van der Waals surface area (Å²) in [7, 11) is 0. The summed E-state index contributed by atoms with van der Waals surface area (Å²) >= 11 is 3.96. The highest BCUT2D eigenvalue weighted by molar-refractivity contribution is 8.01. The fraction of sp³-hybridized carbons (Fsp3) is 1.00. The van der Waals surface area contributed by atoms with E-state index in [2.05, 4.69) is 0 Å². The maximum absolute atomic E-state index is 10.1. The van der Waals surface area contributed by atoms with Crippen molar-refractivity contribution in [1.29, 1.82) is 0 Å². The smallest absolute Gasteiger partial charge is 0.133 e. The Kier molecular flexibility index (Phi) is 5.87. The highest BCUT2D eigenvalue weighted by Gasteiger charge is 2.44. The third-order valence-corrected chi connectivity index (χ3v) is 7.60. The fourth-order valence-electron chi connectivity index (χ4n) is 2.48. The van der Waals surface area contributed by atoms with E-state index in [1.165, 1.54) is 35.3 Å². The van der Waals surface area contributed by atoms with Gasteiger partial charge in [-0.2, -0.15) is 0 Å². The van der Waals surface area contributed by atoms with E-state index in [-0.39, 0.29) is 5.44 Å². The number of hydrogen-bond acceptors (Lipinski definition) is 10. The molecule has 0 radical (unpaired) electrons. The standard InChI is InChI=1S/C12H20O7S3/c13-4-1-7(18-11-8(16)5(14)2-20-11)22-10(4)19-12-9(17)6(15)3-21-12/h4-17H,1-3H2. The van der Waals surface area contributed by atoms with Crippen LogP contribution >= 0.6 is 35.3 Å². The van der Waals surface area contributed by atoms with Crippen LogP contribution in [0.4, 0.5) is 0 Å². The molecule has 0 aromatic carbocycles. The number of thioether (sulfide) groups is 3. The Hall–Kier alpha value is 0.770. The van der Waals surface area contributed by atoms with E-state index in [1.54, 1.807) is 0 Å². The van der Waals surface area contributed by atoms with Gasteiger partial charge in [0.1, 0.15) is 34.0 Å². The SMILES string of the molecule is OC1CC(OC2SCC(O)C2O)SC1OC1SCC(O)C1O. The summed E-state index contributed by atoms with van der Waals surface area (Å²) in [5.74, 6) is 0.830. The average Bonchev–Trinajstić information content (AvgIpc) is 3.09. The van der Waals surface area contributed by atoms with Crippen LogP contribution in [0, 0.1) is 0 Å². The number of aliphatic hydroxyl groups is 5. The van der Waals surface area contributed by atoms with Crippen molar-refractivity contribution in [3.63, 3.8) is 0 Å². The van der Waals surface area contributed by atoms with Gasteiger partial charge in [0.15, 0.2) is 0 Å². The molecule has 7 nitrogen and oxygen atoms in total. The second kappa shape index (κ2) is 7.34. The summed E-state index contributed by atoms with van der Waals surface area (Å²) in [6.07, 6.45) is -3.87. The minimum Gasteiger partial charge on any atom is -0.389 e. The first-order valence-electron chi connectivity index (χ1n) is 7.05. The molecule has 0 spiro atoms. The van der Waals surface area contributed by atoms with E-state index < -0.39 is 46.8 Å².